The number of benzene rings is 1. The predicted molar refractivity (Wildman–Crippen MR) is 105 cm³/mol. The Morgan fingerprint density at radius 3 is 2.89 bits per heavy atom. The molecule has 3 heterocycles. The van der Waals surface area contributed by atoms with E-state index in [2.05, 4.69) is 17.1 Å². The number of hydrogen-bond donors (Lipinski definition) is 2. The third kappa shape index (κ3) is 2.98. The second-order valence-corrected chi connectivity index (χ2v) is 7.88. The van der Waals surface area contributed by atoms with E-state index in [0.29, 0.717) is 30.5 Å². The van der Waals surface area contributed by atoms with E-state index in [4.69, 9.17) is 0 Å². The van der Waals surface area contributed by atoms with Gasteiger partial charge in [0.1, 0.15) is 17.1 Å². The predicted octanol–water partition coefficient (Wildman–Crippen LogP) is 2.57. The van der Waals surface area contributed by atoms with Crippen LogP contribution in [-0.4, -0.2) is 46.2 Å². The fourth-order valence-corrected chi connectivity index (χ4v) is 4.73. The number of nitrogens with one attached hydrogen (secondary N) is 1. The normalized spacial score (nSPS) is 22.0. The molecule has 2 aliphatic rings. The first-order chi connectivity index (χ1) is 13.4. The minimum absolute atomic E-state index is 0.120. The Morgan fingerprint density at radius 2 is 2.14 bits per heavy atom. The molecule has 1 aromatic heterocycles. The monoisotopic (exact) mass is 387 g/mol. The van der Waals surface area contributed by atoms with Crippen molar-refractivity contribution >= 4 is 16.8 Å². The molecule has 6 nitrogen and oxygen atoms in total. The molecule has 1 amide bonds. The molecule has 0 bridgehead atoms. The zero-order valence-electron chi connectivity index (χ0n) is 16.3. The van der Waals surface area contributed by atoms with Gasteiger partial charge in [-0.15, -0.1) is 0 Å². The molecule has 4 rings (SSSR count). The van der Waals surface area contributed by atoms with E-state index in [1.807, 2.05) is 6.92 Å². The van der Waals surface area contributed by atoms with Gasteiger partial charge in [0.15, 0.2) is 0 Å². The fraction of sp³-hybridized carbons (Fsp3) is 0.524. The molecule has 28 heavy (non-hydrogen) atoms. The smallest absolute Gasteiger partial charge is 0.267 e. The number of rotatable bonds is 4. The summed E-state index contributed by atoms with van der Waals surface area (Å²) in [6, 6.07) is 2.73. The van der Waals surface area contributed by atoms with Crippen LogP contribution in [0, 0.1) is 5.82 Å². The van der Waals surface area contributed by atoms with Crippen molar-refractivity contribution in [3.63, 3.8) is 0 Å². The summed E-state index contributed by atoms with van der Waals surface area (Å²) < 4.78 is 15.6. The summed E-state index contributed by atoms with van der Waals surface area (Å²) in [5.74, 6) is -1.50. The standard InChI is InChI=1S/C21H26FN3O3/c1-3-24-8-4-5-15(24)11-23-20(27)17-19(26)16-10-14(22)9-13-7-6-12(2)25(18(13)16)21(17)28/h9-10,12,15,26H,3-8,11H2,1-2H3,(H,23,27). The van der Waals surface area contributed by atoms with Gasteiger partial charge in [0, 0.05) is 24.0 Å². The molecule has 0 spiro atoms. The quantitative estimate of drug-likeness (QED) is 0.846. The molecule has 2 aromatic rings. The molecule has 0 radical (unpaired) electrons. The lowest BCUT2D eigenvalue weighted by molar-refractivity contribution is 0.0936. The molecular formula is C21H26FN3O3. The number of pyridine rings is 1. The first-order valence-electron chi connectivity index (χ1n) is 10.0. The summed E-state index contributed by atoms with van der Waals surface area (Å²) in [5, 5.41) is 13.8. The average Bonchev–Trinajstić information content (AvgIpc) is 3.12. The highest BCUT2D eigenvalue weighted by Crippen LogP contribution is 2.35. The van der Waals surface area contributed by atoms with Gasteiger partial charge in [-0.05, 0) is 63.4 Å². The van der Waals surface area contributed by atoms with Crippen LogP contribution >= 0.6 is 0 Å². The zero-order valence-corrected chi connectivity index (χ0v) is 16.3. The minimum Gasteiger partial charge on any atom is -0.506 e. The van der Waals surface area contributed by atoms with Gasteiger partial charge < -0.3 is 15.0 Å². The number of likely N-dealkylation sites (N-methyl/N-ethyl adjacent to an activating group) is 1. The number of halogens is 1. The SMILES string of the molecule is CCN1CCCC1CNC(=O)c1c(O)c2cc(F)cc3c2n(c1=O)C(C)CC3. The Labute approximate surface area is 163 Å². The maximum Gasteiger partial charge on any atom is 0.267 e. The molecule has 150 valence electrons. The second-order valence-electron chi connectivity index (χ2n) is 7.88. The summed E-state index contributed by atoms with van der Waals surface area (Å²) in [4.78, 5) is 28.3. The van der Waals surface area contributed by atoms with Gasteiger partial charge in [0.25, 0.3) is 11.5 Å². The molecule has 0 aliphatic carbocycles. The van der Waals surface area contributed by atoms with E-state index in [-0.39, 0.29) is 23.0 Å². The number of aryl methyl sites for hydroxylation is 1. The first kappa shape index (κ1) is 18.9. The topological polar surface area (TPSA) is 74.6 Å². The van der Waals surface area contributed by atoms with Gasteiger partial charge >= 0.3 is 0 Å². The van der Waals surface area contributed by atoms with E-state index < -0.39 is 23.0 Å². The summed E-state index contributed by atoms with van der Waals surface area (Å²) in [6.07, 6.45) is 3.40. The number of hydrogen-bond acceptors (Lipinski definition) is 4. The highest BCUT2D eigenvalue weighted by molar-refractivity contribution is 6.03. The second kappa shape index (κ2) is 7.20. The Hall–Kier alpha value is -2.41. The summed E-state index contributed by atoms with van der Waals surface area (Å²) in [6.45, 7) is 6.33. The zero-order chi connectivity index (χ0) is 20.0. The van der Waals surface area contributed by atoms with Crippen LogP contribution in [0.5, 0.6) is 5.75 Å². The average molecular weight is 387 g/mol. The van der Waals surface area contributed by atoms with Crippen molar-refractivity contribution in [2.24, 2.45) is 0 Å². The molecular weight excluding hydrogens is 361 g/mol. The Balaban J connectivity index is 1.75. The Bertz CT molecular complexity index is 1000. The summed E-state index contributed by atoms with van der Waals surface area (Å²) >= 11 is 0. The van der Waals surface area contributed by atoms with Crippen molar-refractivity contribution < 1.29 is 14.3 Å². The molecule has 2 atom stereocenters. The van der Waals surface area contributed by atoms with Crippen LogP contribution in [0.2, 0.25) is 0 Å². The van der Waals surface area contributed by atoms with Gasteiger partial charge in [-0.1, -0.05) is 6.92 Å². The number of nitrogens with zero attached hydrogens (tertiary/aromatic N) is 2. The first-order valence-corrected chi connectivity index (χ1v) is 10.0. The van der Waals surface area contributed by atoms with Gasteiger partial charge in [0.2, 0.25) is 0 Å². The number of aromatic nitrogens is 1. The van der Waals surface area contributed by atoms with Crippen molar-refractivity contribution in [3.05, 3.63) is 39.4 Å². The molecule has 1 fully saturated rings. The van der Waals surface area contributed by atoms with E-state index in [0.717, 1.165) is 25.9 Å². The van der Waals surface area contributed by atoms with E-state index in [9.17, 15) is 19.1 Å². The van der Waals surface area contributed by atoms with Gasteiger partial charge in [-0.3, -0.25) is 14.5 Å². The van der Waals surface area contributed by atoms with Crippen molar-refractivity contribution in [1.29, 1.82) is 0 Å². The van der Waals surface area contributed by atoms with Crippen molar-refractivity contribution in [3.8, 4) is 5.75 Å². The molecule has 7 heteroatoms. The van der Waals surface area contributed by atoms with Crippen molar-refractivity contribution in [2.75, 3.05) is 19.6 Å². The Kier molecular flexibility index (Phi) is 4.87. The fourth-order valence-electron chi connectivity index (χ4n) is 4.73. The van der Waals surface area contributed by atoms with Crippen LogP contribution in [0.3, 0.4) is 0 Å². The number of amides is 1. The number of carbonyl (C=O) groups is 1. The number of likely N-dealkylation sites (tertiary alicyclic amines) is 1. The largest absolute Gasteiger partial charge is 0.506 e. The molecule has 2 N–H and O–H groups in total. The highest BCUT2D eigenvalue weighted by atomic mass is 19.1. The molecule has 2 unspecified atom stereocenters. The van der Waals surface area contributed by atoms with Crippen LogP contribution in [-0.2, 0) is 6.42 Å². The van der Waals surface area contributed by atoms with E-state index in [1.54, 1.807) is 0 Å². The lowest BCUT2D eigenvalue weighted by atomic mass is 9.95. The van der Waals surface area contributed by atoms with Crippen LogP contribution in [0.1, 0.15) is 55.1 Å². The third-order valence-corrected chi connectivity index (χ3v) is 6.22. The molecule has 2 aliphatic heterocycles. The van der Waals surface area contributed by atoms with Crippen LogP contribution in [0.15, 0.2) is 16.9 Å². The third-order valence-electron chi connectivity index (χ3n) is 6.22. The van der Waals surface area contributed by atoms with Crippen LogP contribution in [0.4, 0.5) is 4.39 Å². The number of carbonyl (C=O) groups excluding carboxylic acids is 1. The maximum atomic E-state index is 14.1. The lowest BCUT2D eigenvalue weighted by Gasteiger charge is -2.27. The van der Waals surface area contributed by atoms with Crippen molar-refractivity contribution in [2.45, 2.75) is 51.6 Å². The summed E-state index contributed by atoms with van der Waals surface area (Å²) in [5.41, 5.74) is 0.421. The van der Waals surface area contributed by atoms with E-state index >= 15 is 0 Å². The van der Waals surface area contributed by atoms with Crippen molar-refractivity contribution in [1.82, 2.24) is 14.8 Å². The highest BCUT2D eigenvalue weighted by Gasteiger charge is 2.29. The Morgan fingerprint density at radius 1 is 1.36 bits per heavy atom. The minimum atomic E-state index is -0.598. The number of aromatic hydroxyl groups is 1. The lowest BCUT2D eigenvalue weighted by Crippen LogP contribution is -2.42. The summed E-state index contributed by atoms with van der Waals surface area (Å²) in [7, 11) is 0. The molecule has 1 aromatic carbocycles. The maximum absolute atomic E-state index is 14.1. The van der Waals surface area contributed by atoms with Gasteiger partial charge in [-0.25, -0.2) is 4.39 Å². The van der Waals surface area contributed by atoms with Crippen LogP contribution < -0.4 is 10.9 Å². The molecule has 0 saturated carbocycles. The van der Waals surface area contributed by atoms with Crippen LogP contribution in [0.25, 0.3) is 10.9 Å². The van der Waals surface area contributed by atoms with E-state index in [1.165, 1.54) is 16.7 Å². The van der Waals surface area contributed by atoms with Gasteiger partial charge in [-0.2, -0.15) is 0 Å². The van der Waals surface area contributed by atoms with Gasteiger partial charge in [0.05, 0.1) is 5.52 Å². The molecule has 1 saturated heterocycles.